The maximum Gasteiger partial charge on any atom is 0.252 e. The number of tetrazole rings is 1. The van der Waals surface area contributed by atoms with Crippen LogP contribution in [0.15, 0.2) is 48.5 Å². The molecule has 0 radical (unpaired) electrons. The number of hydrogen-bond donors (Lipinski definition) is 2. The predicted octanol–water partition coefficient (Wildman–Crippen LogP) is 2.67. The van der Waals surface area contributed by atoms with E-state index in [0.717, 1.165) is 11.3 Å². The van der Waals surface area contributed by atoms with Crippen molar-refractivity contribution in [2.45, 2.75) is 33.7 Å². The molecule has 0 aliphatic heterocycles. The Morgan fingerprint density at radius 1 is 1.03 bits per heavy atom. The van der Waals surface area contributed by atoms with Crippen molar-refractivity contribution < 1.29 is 9.59 Å². The van der Waals surface area contributed by atoms with E-state index in [1.807, 2.05) is 45.0 Å². The first-order valence-electron chi connectivity index (χ1n) is 9.39. The monoisotopic (exact) mass is 392 g/mol. The molecular formula is C21H24N6O2. The van der Waals surface area contributed by atoms with Crippen LogP contribution in [0.1, 0.15) is 35.6 Å². The van der Waals surface area contributed by atoms with E-state index in [1.165, 1.54) is 0 Å². The Balaban J connectivity index is 1.76. The van der Waals surface area contributed by atoms with E-state index in [2.05, 4.69) is 26.2 Å². The Hall–Kier alpha value is -3.55. The molecule has 1 aromatic heterocycles. The standard InChI is InChI=1S/C21H24N6O2/c1-13(2)19(23-20(28)18-11-6-5-8-14(18)3)21(29)22-16-9-7-10-17(12-16)27-15(4)24-25-26-27/h5-13,19H,1-4H3,(H,22,29)(H,23,28). The lowest BCUT2D eigenvalue weighted by molar-refractivity contribution is -0.118. The highest BCUT2D eigenvalue weighted by Crippen LogP contribution is 2.16. The second-order valence-corrected chi connectivity index (χ2v) is 7.19. The summed E-state index contributed by atoms with van der Waals surface area (Å²) >= 11 is 0. The van der Waals surface area contributed by atoms with E-state index in [1.54, 1.807) is 35.9 Å². The summed E-state index contributed by atoms with van der Waals surface area (Å²) < 4.78 is 1.58. The first-order valence-corrected chi connectivity index (χ1v) is 9.39. The van der Waals surface area contributed by atoms with Gasteiger partial charge in [-0.1, -0.05) is 38.1 Å². The van der Waals surface area contributed by atoms with Gasteiger partial charge in [-0.3, -0.25) is 9.59 Å². The van der Waals surface area contributed by atoms with Crippen LogP contribution in [0.3, 0.4) is 0 Å². The molecule has 0 saturated heterocycles. The number of hydrogen-bond acceptors (Lipinski definition) is 5. The molecule has 2 aromatic carbocycles. The lowest BCUT2D eigenvalue weighted by Crippen LogP contribution is -2.47. The largest absolute Gasteiger partial charge is 0.340 e. The fraction of sp³-hybridized carbons (Fsp3) is 0.286. The SMILES string of the molecule is Cc1ccccc1C(=O)NC(C(=O)Nc1cccc(-n2nnnc2C)c1)C(C)C. The quantitative estimate of drug-likeness (QED) is 0.671. The van der Waals surface area contributed by atoms with Crippen LogP contribution in [-0.4, -0.2) is 38.1 Å². The summed E-state index contributed by atoms with van der Waals surface area (Å²) in [6, 6.07) is 13.8. The summed E-state index contributed by atoms with van der Waals surface area (Å²) in [5.41, 5.74) is 2.74. The van der Waals surface area contributed by atoms with Gasteiger partial charge in [-0.05, 0) is 60.0 Å². The van der Waals surface area contributed by atoms with E-state index < -0.39 is 6.04 Å². The topological polar surface area (TPSA) is 102 Å². The van der Waals surface area contributed by atoms with Gasteiger partial charge in [0.25, 0.3) is 5.91 Å². The number of nitrogens with one attached hydrogen (secondary N) is 2. The third-order valence-corrected chi connectivity index (χ3v) is 4.61. The molecule has 0 aliphatic carbocycles. The summed E-state index contributed by atoms with van der Waals surface area (Å²) in [5, 5.41) is 17.2. The Kier molecular flexibility index (Phi) is 6.01. The Morgan fingerprint density at radius 2 is 1.79 bits per heavy atom. The Bertz CT molecular complexity index is 1030. The first kappa shape index (κ1) is 20.2. The number of amides is 2. The molecule has 2 N–H and O–H groups in total. The number of carbonyl (C=O) groups is 2. The van der Waals surface area contributed by atoms with Crippen LogP contribution in [0.5, 0.6) is 0 Å². The molecular weight excluding hydrogens is 368 g/mol. The molecule has 8 heteroatoms. The van der Waals surface area contributed by atoms with Crippen LogP contribution in [0.4, 0.5) is 5.69 Å². The van der Waals surface area contributed by atoms with E-state index in [9.17, 15) is 9.59 Å². The van der Waals surface area contributed by atoms with Crippen molar-refractivity contribution in [1.29, 1.82) is 0 Å². The lowest BCUT2D eigenvalue weighted by Gasteiger charge is -2.22. The van der Waals surface area contributed by atoms with Gasteiger partial charge in [0.2, 0.25) is 5.91 Å². The molecule has 8 nitrogen and oxygen atoms in total. The normalized spacial score (nSPS) is 11.9. The molecule has 2 amide bonds. The predicted molar refractivity (Wildman–Crippen MR) is 110 cm³/mol. The highest BCUT2D eigenvalue weighted by atomic mass is 16.2. The van der Waals surface area contributed by atoms with Crippen molar-refractivity contribution in [2.24, 2.45) is 5.92 Å². The Labute approximate surface area is 169 Å². The number of carbonyl (C=O) groups excluding carboxylic acids is 2. The summed E-state index contributed by atoms with van der Waals surface area (Å²) in [6.07, 6.45) is 0. The van der Waals surface area contributed by atoms with E-state index in [0.29, 0.717) is 17.1 Å². The van der Waals surface area contributed by atoms with Gasteiger partial charge in [0.05, 0.1) is 5.69 Å². The van der Waals surface area contributed by atoms with Gasteiger partial charge in [-0.25, -0.2) is 0 Å². The highest BCUT2D eigenvalue weighted by Gasteiger charge is 2.25. The third kappa shape index (κ3) is 4.66. The molecule has 150 valence electrons. The first-order chi connectivity index (χ1) is 13.9. The van der Waals surface area contributed by atoms with Crippen LogP contribution < -0.4 is 10.6 Å². The van der Waals surface area contributed by atoms with Gasteiger partial charge >= 0.3 is 0 Å². The average molecular weight is 392 g/mol. The van der Waals surface area contributed by atoms with Crippen LogP contribution in [0, 0.1) is 19.8 Å². The lowest BCUT2D eigenvalue weighted by atomic mass is 10.0. The summed E-state index contributed by atoms with van der Waals surface area (Å²) in [6.45, 7) is 7.44. The molecule has 0 fully saturated rings. The molecule has 1 atom stereocenters. The average Bonchev–Trinajstić information content (AvgIpc) is 3.12. The number of rotatable bonds is 6. The van der Waals surface area contributed by atoms with Crippen molar-refractivity contribution in [3.63, 3.8) is 0 Å². The van der Waals surface area contributed by atoms with Gasteiger partial charge in [0.15, 0.2) is 5.82 Å². The summed E-state index contributed by atoms with van der Waals surface area (Å²) in [4.78, 5) is 25.6. The zero-order valence-corrected chi connectivity index (χ0v) is 16.9. The fourth-order valence-electron chi connectivity index (χ4n) is 2.99. The van der Waals surface area contributed by atoms with Crippen LogP contribution >= 0.6 is 0 Å². The molecule has 0 saturated carbocycles. The summed E-state index contributed by atoms with van der Waals surface area (Å²) in [5.74, 6) is -0.00512. The molecule has 0 aliphatic rings. The minimum atomic E-state index is -0.680. The maximum atomic E-state index is 12.9. The van der Waals surface area contributed by atoms with Gasteiger partial charge in [0.1, 0.15) is 6.04 Å². The van der Waals surface area contributed by atoms with Crippen molar-refractivity contribution in [3.05, 3.63) is 65.5 Å². The van der Waals surface area contributed by atoms with Gasteiger partial charge < -0.3 is 10.6 Å². The molecule has 1 unspecified atom stereocenters. The highest BCUT2D eigenvalue weighted by molar-refractivity contribution is 6.02. The minimum absolute atomic E-state index is 0.0899. The smallest absolute Gasteiger partial charge is 0.252 e. The molecule has 29 heavy (non-hydrogen) atoms. The molecule has 3 aromatic rings. The Morgan fingerprint density at radius 3 is 2.45 bits per heavy atom. The van der Waals surface area contributed by atoms with E-state index in [-0.39, 0.29) is 17.7 Å². The molecule has 1 heterocycles. The zero-order valence-electron chi connectivity index (χ0n) is 16.9. The van der Waals surface area contributed by atoms with Crippen molar-refractivity contribution in [3.8, 4) is 5.69 Å². The van der Waals surface area contributed by atoms with Gasteiger partial charge in [0, 0.05) is 11.3 Å². The van der Waals surface area contributed by atoms with Crippen LogP contribution in [0.25, 0.3) is 5.69 Å². The number of aryl methyl sites for hydroxylation is 2. The molecule has 3 rings (SSSR count). The van der Waals surface area contributed by atoms with Crippen LogP contribution in [0.2, 0.25) is 0 Å². The van der Waals surface area contributed by atoms with E-state index >= 15 is 0 Å². The van der Waals surface area contributed by atoms with Crippen molar-refractivity contribution in [1.82, 2.24) is 25.5 Å². The third-order valence-electron chi connectivity index (χ3n) is 4.61. The van der Waals surface area contributed by atoms with Gasteiger partial charge in [-0.2, -0.15) is 4.68 Å². The van der Waals surface area contributed by atoms with Crippen molar-refractivity contribution in [2.75, 3.05) is 5.32 Å². The van der Waals surface area contributed by atoms with E-state index in [4.69, 9.17) is 0 Å². The molecule has 0 spiro atoms. The number of benzene rings is 2. The fourth-order valence-corrected chi connectivity index (χ4v) is 2.99. The number of nitrogens with zero attached hydrogens (tertiary/aromatic N) is 4. The number of aromatic nitrogens is 4. The van der Waals surface area contributed by atoms with Crippen molar-refractivity contribution >= 4 is 17.5 Å². The minimum Gasteiger partial charge on any atom is -0.340 e. The maximum absolute atomic E-state index is 12.9. The second-order valence-electron chi connectivity index (χ2n) is 7.19. The molecule has 0 bridgehead atoms. The van der Waals surface area contributed by atoms with Gasteiger partial charge in [-0.15, -0.1) is 5.10 Å². The second kappa shape index (κ2) is 8.64. The van der Waals surface area contributed by atoms with Crippen LogP contribution in [-0.2, 0) is 4.79 Å². The number of anilines is 1. The summed E-state index contributed by atoms with van der Waals surface area (Å²) in [7, 11) is 0. The zero-order chi connectivity index (χ0) is 21.0.